The molecule has 0 N–H and O–H groups in total. The molecule has 1 aliphatic carbocycles. The highest BCUT2D eigenvalue weighted by Crippen LogP contribution is 2.44. The number of benzene rings is 2. The quantitative estimate of drug-likeness (QED) is 0.526. The first kappa shape index (κ1) is 20.2. The van der Waals surface area contributed by atoms with Crippen molar-refractivity contribution in [2.45, 2.75) is 31.3 Å². The van der Waals surface area contributed by atoms with E-state index in [1.165, 1.54) is 25.6 Å². The number of methoxy groups -OCH3 is 1. The van der Waals surface area contributed by atoms with E-state index in [1.807, 2.05) is 12.1 Å². The molecule has 0 saturated heterocycles. The van der Waals surface area contributed by atoms with Gasteiger partial charge in [0.2, 0.25) is 5.88 Å². The molecule has 0 radical (unpaired) electrons. The number of aromatic nitrogens is 2. The number of rotatable bonds is 6. The third-order valence-corrected chi connectivity index (χ3v) is 5.78. The van der Waals surface area contributed by atoms with Gasteiger partial charge in [-0.15, -0.1) is 0 Å². The Hall–Kier alpha value is -3.68. The summed E-state index contributed by atoms with van der Waals surface area (Å²) in [5.74, 6) is 1.51. The minimum Gasteiger partial charge on any atom is -0.492 e. The molecule has 8 heteroatoms. The van der Waals surface area contributed by atoms with Crippen molar-refractivity contribution >= 4 is 5.97 Å². The molecule has 7 nitrogen and oxygen atoms in total. The van der Waals surface area contributed by atoms with Crippen molar-refractivity contribution in [1.29, 1.82) is 0 Å². The van der Waals surface area contributed by atoms with Crippen LogP contribution in [0.3, 0.4) is 0 Å². The lowest BCUT2D eigenvalue weighted by Gasteiger charge is -2.17. The normalized spacial score (nSPS) is 18.4. The van der Waals surface area contributed by atoms with Crippen LogP contribution < -0.4 is 14.2 Å². The second kappa shape index (κ2) is 8.45. The fourth-order valence-corrected chi connectivity index (χ4v) is 4.25. The summed E-state index contributed by atoms with van der Waals surface area (Å²) >= 11 is 0. The van der Waals surface area contributed by atoms with Crippen molar-refractivity contribution in [1.82, 2.24) is 9.97 Å². The van der Waals surface area contributed by atoms with Gasteiger partial charge in [-0.25, -0.2) is 9.37 Å². The van der Waals surface area contributed by atoms with Gasteiger partial charge in [0.15, 0.2) is 0 Å². The summed E-state index contributed by atoms with van der Waals surface area (Å²) in [4.78, 5) is 19.7. The first-order valence-electron chi connectivity index (χ1n) is 10.4. The Morgan fingerprint density at radius 1 is 1.25 bits per heavy atom. The van der Waals surface area contributed by atoms with E-state index in [9.17, 15) is 9.18 Å². The van der Waals surface area contributed by atoms with Gasteiger partial charge in [-0.05, 0) is 31.0 Å². The van der Waals surface area contributed by atoms with Crippen molar-refractivity contribution in [3.05, 3.63) is 71.4 Å². The Morgan fingerprint density at radius 2 is 2.16 bits per heavy atom. The Labute approximate surface area is 184 Å². The highest BCUT2D eigenvalue weighted by atomic mass is 19.1. The predicted molar refractivity (Wildman–Crippen MR) is 112 cm³/mol. The maximum Gasteiger partial charge on any atom is 0.306 e. The van der Waals surface area contributed by atoms with Gasteiger partial charge in [0.1, 0.15) is 29.2 Å². The van der Waals surface area contributed by atoms with E-state index in [4.69, 9.17) is 18.9 Å². The van der Waals surface area contributed by atoms with E-state index < -0.39 is 6.10 Å². The van der Waals surface area contributed by atoms with Gasteiger partial charge in [-0.2, -0.15) is 0 Å². The third-order valence-electron chi connectivity index (χ3n) is 5.78. The van der Waals surface area contributed by atoms with E-state index in [1.54, 1.807) is 18.3 Å². The number of fused-ring (bicyclic) bond motifs is 2. The molecular weight excluding hydrogens is 415 g/mol. The van der Waals surface area contributed by atoms with Crippen LogP contribution in [0.2, 0.25) is 0 Å². The Bertz CT molecular complexity index is 1150. The van der Waals surface area contributed by atoms with Gasteiger partial charge < -0.3 is 18.9 Å². The first-order valence-corrected chi connectivity index (χ1v) is 10.4. The van der Waals surface area contributed by atoms with Crippen LogP contribution in [-0.2, 0) is 16.0 Å². The SMILES string of the molecule is COC(=O)C[C@@H]1COc2cc(O[C@@H]3CCc4c(Oc5cnccn5)ccc(F)c43)ccc21. The number of halogens is 1. The van der Waals surface area contributed by atoms with Crippen LogP contribution in [0.1, 0.15) is 41.6 Å². The lowest BCUT2D eigenvalue weighted by atomic mass is 9.98. The maximum absolute atomic E-state index is 14.8. The second-order valence-electron chi connectivity index (χ2n) is 7.72. The average Bonchev–Trinajstić information content (AvgIpc) is 3.41. The van der Waals surface area contributed by atoms with Crippen LogP contribution in [0.5, 0.6) is 23.1 Å². The molecule has 2 aliphatic rings. The first-order chi connectivity index (χ1) is 15.6. The van der Waals surface area contributed by atoms with E-state index in [0.717, 1.165) is 11.1 Å². The van der Waals surface area contributed by atoms with Gasteiger partial charge in [-0.3, -0.25) is 9.78 Å². The molecular formula is C24H21FN2O5. The monoisotopic (exact) mass is 436 g/mol. The highest BCUT2D eigenvalue weighted by molar-refractivity contribution is 5.71. The van der Waals surface area contributed by atoms with Crippen LogP contribution in [-0.4, -0.2) is 29.7 Å². The predicted octanol–water partition coefficient (Wildman–Crippen LogP) is 4.51. The summed E-state index contributed by atoms with van der Waals surface area (Å²) < 4.78 is 37.3. The number of nitrogens with zero attached hydrogens (tertiary/aromatic N) is 2. The molecule has 1 aromatic heterocycles. The van der Waals surface area contributed by atoms with Crippen molar-refractivity contribution in [2.75, 3.05) is 13.7 Å². The molecule has 0 saturated carbocycles. The molecule has 3 aromatic rings. The van der Waals surface area contributed by atoms with E-state index >= 15 is 0 Å². The molecule has 2 aromatic carbocycles. The molecule has 0 fully saturated rings. The summed E-state index contributed by atoms with van der Waals surface area (Å²) in [6.45, 7) is 0.415. The van der Waals surface area contributed by atoms with E-state index in [0.29, 0.717) is 48.1 Å². The van der Waals surface area contributed by atoms with Gasteiger partial charge >= 0.3 is 5.97 Å². The second-order valence-corrected chi connectivity index (χ2v) is 7.72. The van der Waals surface area contributed by atoms with Gasteiger partial charge in [0.05, 0.1) is 26.3 Å². The van der Waals surface area contributed by atoms with Crippen molar-refractivity contribution in [3.8, 4) is 23.1 Å². The Kier molecular flexibility index (Phi) is 5.34. The van der Waals surface area contributed by atoms with Gasteiger partial charge in [-0.1, -0.05) is 6.07 Å². The zero-order valence-corrected chi connectivity index (χ0v) is 17.4. The van der Waals surface area contributed by atoms with Crippen LogP contribution >= 0.6 is 0 Å². The number of carbonyl (C=O) groups is 1. The fourth-order valence-electron chi connectivity index (χ4n) is 4.25. The molecule has 32 heavy (non-hydrogen) atoms. The molecule has 2 atom stereocenters. The number of hydrogen-bond acceptors (Lipinski definition) is 7. The number of ether oxygens (including phenoxy) is 4. The minimum atomic E-state index is -0.444. The molecule has 1 aliphatic heterocycles. The van der Waals surface area contributed by atoms with Crippen LogP contribution in [0.4, 0.5) is 4.39 Å². The molecule has 0 unspecified atom stereocenters. The maximum atomic E-state index is 14.8. The standard InChI is InChI=1S/C24H21FN2O5/c1-29-23(28)10-14-13-30-21-11-15(2-3-16(14)21)31-20-6-4-17-19(7-5-18(25)24(17)20)32-22-12-26-8-9-27-22/h2-3,5,7-9,11-12,14,20H,4,6,10,13H2,1H3/t14-,20-/m1/s1. The Morgan fingerprint density at radius 3 is 2.97 bits per heavy atom. The number of hydrogen-bond donors (Lipinski definition) is 0. The van der Waals surface area contributed by atoms with Gasteiger partial charge in [0, 0.05) is 41.1 Å². The summed E-state index contributed by atoms with van der Waals surface area (Å²) in [7, 11) is 1.37. The molecule has 0 spiro atoms. The summed E-state index contributed by atoms with van der Waals surface area (Å²) in [6, 6.07) is 8.51. The van der Waals surface area contributed by atoms with Crippen molar-refractivity contribution in [3.63, 3.8) is 0 Å². The van der Waals surface area contributed by atoms with E-state index in [2.05, 4.69) is 9.97 Å². The van der Waals surface area contributed by atoms with Gasteiger partial charge in [0.25, 0.3) is 0 Å². The largest absolute Gasteiger partial charge is 0.492 e. The topological polar surface area (TPSA) is 79.8 Å². The number of carbonyl (C=O) groups excluding carboxylic acids is 1. The van der Waals surface area contributed by atoms with Crippen molar-refractivity contribution in [2.24, 2.45) is 0 Å². The Balaban J connectivity index is 1.35. The molecule has 0 amide bonds. The zero-order chi connectivity index (χ0) is 22.1. The lowest BCUT2D eigenvalue weighted by molar-refractivity contribution is -0.141. The molecule has 164 valence electrons. The fraction of sp³-hybridized carbons (Fsp3) is 0.292. The zero-order valence-electron chi connectivity index (χ0n) is 17.4. The smallest absolute Gasteiger partial charge is 0.306 e. The van der Waals surface area contributed by atoms with Crippen LogP contribution in [0.15, 0.2) is 48.9 Å². The van der Waals surface area contributed by atoms with Crippen molar-refractivity contribution < 1.29 is 28.1 Å². The lowest BCUT2D eigenvalue weighted by Crippen LogP contribution is -2.09. The molecule has 5 rings (SSSR count). The average molecular weight is 436 g/mol. The molecule has 2 heterocycles. The third kappa shape index (κ3) is 3.84. The minimum absolute atomic E-state index is 0.0445. The van der Waals surface area contributed by atoms with E-state index in [-0.39, 0.29) is 24.1 Å². The highest BCUT2D eigenvalue weighted by Gasteiger charge is 2.32. The summed E-state index contributed by atoms with van der Waals surface area (Å²) in [5.41, 5.74) is 2.22. The summed E-state index contributed by atoms with van der Waals surface area (Å²) in [6.07, 6.45) is 5.67. The molecule has 0 bridgehead atoms. The summed E-state index contributed by atoms with van der Waals surface area (Å²) in [5, 5.41) is 0. The van der Waals surface area contributed by atoms with Crippen LogP contribution in [0.25, 0.3) is 0 Å². The van der Waals surface area contributed by atoms with Crippen LogP contribution in [0, 0.1) is 5.82 Å². The number of esters is 1.